The van der Waals surface area contributed by atoms with Crippen molar-refractivity contribution < 1.29 is 14.6 Å². The molecule has 0 spiro atoms. The fraction of sp³-hybridized carbons (Fsp3) is 0.857. The normalized spacial score (nSPS) is 14.5. The lowest BCUT2D eigenvalue weighted by atomic mass is 10.1. The van der Waals surface area contributed by atoms with Crippen LogP contribution >= 0.6 is 0 Å². The third-order valence-electron chi connectivity index (χ3n) is 1.38. The summed E-state index contributed by atoms with van der Waals surface area (Å²) in [5.41, 5.74) is 0. The molecule has 2 unspecified atom stereocenters. The van der Waals surface area contributed by atoms with Crippen LogP contribution in [0.2, 0.25) is 0 Å². The molecule has 0 aliphatic rings. The van der Waals surface area contributed by atoms with E-state index in [4.69, 9.17) is 5.11 Å². The third-order valence-corrected chi connectivity index (χ3v) is 1.38. The van der Waals surface area contributed by atoms with Crippen molar-refractivity contribution in [2.75, 3.05) is 6.61 Å². The third kappa shape index (κ3) is 4.75. The minimum absolute atomic E-state index is 0. The van der Waals surface area contributed by atoms with Crippen molar-refractivity contribution in [2.45, 2.75) is 26.9 Å². The topological polar surface area (TPSA) is 81.5 Å². The summed E-state index contributed by atoms with van der Waals surface area (Å²) in [6.45, 7) is 5.33. The van der Waals surface area contributed by atoms with Gasteiger partial charge in [0.1, 0.15) is 0 Å². The minimum Gasteiger partial charge on any atom is -0.466 e. The number of aliphatic hydroxyl groups is 1. The Morgan fingerprint density at radius 2 is 2.00 bits per heavy atom. The Morgan fingerprint density at radius 1 is 1.55 bits per heavy atom. The van der Waals surface area contributed by atoms with Crippen molar-refractivity contribution in [3.63, 3.8) is 0 Å². The number of ether oxygens (including phenoxy) is 1. The number of carbonyl (C=O) groups is 1. The van der Waals surface area contributed by atoms with Crippen LogP contribution in [0, 0.1) is 5.92 Å². The summed E-state index contributed by atoms with van der Waals surface area (Å²) in [6.07, 6.45) is -0.626. The lowest BCUT2D eigenvalue weighted by Crippen LogP contribution is -2.24. The molecule has 0 bridgehead atoms. The maximum Gasteiger partial charge on any atom is 0.311 e. The van der Waals surface area contributed by atoms with E-state index in [1.54, 1.807) is 20.8 Å². The van der Waals surface area contributed by atoms with Gasteiger partial charge in [-0.2, -0.15) is 0 Å². The van der Waals surface area contributed by atoms with E-state index in [1.165, 1.54) is 0 Å². The molecule has 0 saturated heterocycles. The summed E-state index contributed by atoms with van der Waals surface area (Å²) in [4.78, 5) is 10.8. The monoisotopic (exact) mass is 163 g/mol. The first-order valence-electron chi connectivity index (χ1n) is 3.44. The number of aliphatic hydroxyl groups excluding tert-OH is 1. The zero-order valence-electron chi connectivity index (χ0n) is 7.33. The molecule has 68 valence electrons. The molecule has 0 aromatic carbocycles. The molecule has 4 heteroatoms. The molecular weight excluding hydrogens is 146 g/mol. The highest BCUT2D eigenvalue weighted by atomic mass is 16.5. The van der Waals surface area contributed by atoms with Crippen LogP contribution in [-0.2, 0) is 9.53 Å². The Bertz CT molecular complexity index is 114. The Labute approximate surface area is 67.1 Å². The quantitative estimate of drug-likeness (QED) is 0.601. The van der Waals surface area contributed by atoms with Gasteiger partial charge in [0.05, 0.1) is 18.6 Å². The summed E-state index contributed by atoms with van der Waals surface area (Å²) in [7, 11) is 0. The van der Waals surface area contributed by atoms with Gasteiger partial charge in [0.25, 0.3) is 0 Å². The SMILES string of the molecule is CCOC(=O)C(C)C(C)O.N. The van der Waals surface area contributed by atoms with Gasteiger partial charge in [0.2, 0.25) is 0 Å². The molecule has 0 aromatic heterocycles. The average molecular weight is 163 g/mol. The minimum atomic E-state index is -0.626. The molecule has 0 radical (unpaired) electrons. The zero-order valence-corrected chi connectivity index (χ0v) is 7.33. The number of rotatable bonds is 3. The van der Waals surface area contributed by atoms with Crippen LogP contribution in [0.25, 0.3) is 0 Å². The Morgan fingerprint density at radius 3 is 2.27 bits per heavy atom. The van der Waals surface area contributed by atoms with Crippen molar-refractivity contribution in [1.82, 2.24) is 6.15 Å². The van der Waals surface area contributed by atoms with Crippen LogP contribution in [0.3, 0.4) is 0 Å². The van der Waals surface area contributed by atoms with Gasteiger partial charge in [-0.25, -0.2) is 0 Å². The second-order valence-electron chi connectivity index (χ2n) is 2.28. The number of esters is 1. The lowest BCUT2D eigenvalue weighted by Gasteiger charge is -2.11. The first-order valence-corrected chi connectivity index (χ1v) is 3.44. The predicted octanol–water partition coefficient (Wildman–Crippen LogP) is 0.728. The van der Waals surface area contributed by atoms with E-state index in [0.29, 0.717) is 6.61 Å². The van der Waals surface area contributed by atoms with E-state index in [1.807, 2.05) is 0 Å². The van der Waals surface area contributed by atoms with Crippen LogP contribution in [-0.4, -0.2) is 23.8 Å². The second-order valence-corrected chi connectivity index (χ2v) is 2.28. The molecule has 4 N–H and O–H groups in total. The number of hydrogen-bond donors (Lipinski definition) is 2. The summed E-state index contributed by atoms with van der Waals surface area (Å²) >= 11 is 0. The smallest absolute Gasteiger partial charge is 0.311 e. The van der Waals surface area contributed by atoms with Gasteiger partial charge in [0, 0.05) is 0 Å². The van der Waals surface area contributed by atoms with E-state index in [0.717, 1.165) is 0 Å². The van der Waals surface area contributed by atoms with Gasteiger partial charge >= 0.3 is 5.97 Å². The Balaban J connectivity index is 0. The molecular formula is C7H17NO3. The van der Waals surface area contributed by atoms with E-state index in [2.05, 4.69) is 4.74 Å². The molecule has 0 heterocycles. The van der Waals surface area contributed by atoms with Crippen molar-refractivity contribution in [3.8, 4) is 0 Å². The average Bonchev–Trinajstić information content (AvgIpc) is 1.87. The molecule has 4 nitrogen and oxygen atoms in total. The summed E-state index contributed by atoms with van der Waals surface area (Å²) in [5.74, 6) is -0.752. The zero-order chi connectivity index (χ0) is 8.15. The second kappa shape index (κ2) is 6.12. The van der Waals surface area contributed by atoms with Gasteiger partial charge in [-0.3, -0.25) is 4.79 Å². The number of hydrogen-bond acceptors (Lipinski definition) is 4. The predicted molar refractivity (Wildman–Crippen MR) is 42.5 cm³/mol. The van der Waals surface area contributed by atoms with Crippen molar-refractivity contribution in [1.29, 1.82) is 0 Å². The first-order chi connectivity index (χ1) is 4.59. The van der Waals surface area contributed by atoms with Crippen LogP contribution in [0.5, 0.6) is 0 Å². The van der Waals surface area contributed by atoms with Gasteiger partial charge < -0.3 is 16.0 Å². The molecule has 0 aliphatic heterocycles. The lowest BCUT2D eigenvalue weighted by molar-refractivity contribution is -0.150. The maximum atomic E-state index is 10.8. The molecule has 0 rings (SSSR count). The van der Waals surface area contributed by atoms with E-state index in [9.17, 15) is 4.79 Å². The number of carbonyl (C=O) groups excluding carboxylic acids is 1. The fourth-order valence-electron chi connectivity index (χ4n) is 0.471. The molecule has 0 aliphatic carbocycles. The van der Waals surface area contributed by atoms with Gasteiger partial charge in [-0.05, 0) is 20.8 Å². The largest absolute Gasteiger partial charge is 0.466 e. The highest BCUT2D eigenvalue weighted by Crippen LogP contribution is 2.03. The van der Waals surface area contributed by atoms with Crippen LogP contribution < -0.4 is 6.15 Å². The van der Waals surface area contributed by atoms with Crippen molar-refractivity contribution in [3.05, 3.63) is 0 Å². The summed E-state index contributed by atoms with van der Waals surface area (Å²) in [5, 5.41) is 8.92. The van der Waals surface area contributed by atoms with Gasteiger partial charge in [-0.15, -0.1) is 0 Å². The van der Waals surface area contributed by atoms with Gasteiger partial charge in [-0.1, -0.05) is 0 Å². The first kappa shape index (κ1) is 13.0. The molecule has 0 aromatic rings. The van der Waals surface area contributed by atoms with Crippen LogP contribution in [0.15, 0.2) is 0 Å². The highest BCUT2D eigenvalue weighted by molar-refractivity contribution is 5.72. The van der Waals surface area contributed by atoms with Crippen molar-refractivity contribution >= 4 is 5.97 Å². The van der Waals surface area contributed by atoms with Crippen molar-refractivity contribution in [2.24, 2.45) is 5.92 Å². The molecule has 0 saturated carbocycles. The highest BCUT2D eigenvalue weighted by Gasteiger charge is 2.18. The van der Waals surface area contributed by atoms with Gasteiger partial charge in [0.15, 0.2) is 0 Å². The Hall–Kier alpha value is -0.610. The summed E-state index contributed by atoms with van der Waals surface area (Å²) in [6, 6.07) is 0. The fourth-order valence-corrected chi connectivity index (χ4v) is 0.471. The Kier molecular flexibility index (Phi) is 7.24. The molecule has 2 atom stereocenters. The standard InChI is InChI=1S/C7H14O3.H3N/c1-4-10-7(9)5(2)6(3)8;/h5-6,8H,4H2,1-3H3;1H3. The van der Waals surface area contributed by atoms with E-state index < -0.39 is 12.0 Å². The van der Waals surface area contributed by atoms with Crippen LogP contribution in [0.1, 0.15) is 20.8 Å². The van der Waals surface area contributed by atoms with E-state index in [-0.39, 0.29) is 12.1 Å². The van der Waals surface area contributed by atoms with E-state index >= 15 is 0 Å². The van der Waals surface area contributed by atoms with Crippen LogP contribution in [0.4, 0.5) is 0 Å². The maximum absolute atomic E-state index is 10.8. The molecule has 0 amide bonds. The summed E-state index contributed by atoms with van der Waals surface area (Å²) < 4.78 is 4.67. The molecule has 11 heavy (non-hydrogen) atoms. The molecule has 0 fully saturated rings.